The summed E-state index contributed by atoms with van der Waals surface area (Å²) in [5.74, 6) is 1.89. The van der Waals surface area contributed by atoms with Gasteiger partial charge in [0.25, 0.3) is 0 Å². The average Bonchev–Trinajstić information content (AvgIpc) is 3.10. The molecule has 100 valence electrons. The lowest BCUT2D eigenvalue weighted by Crippen LogP contribution is -1.89. The lowest BCUT2D eigenvalue weighted by molar-refractivity contribution is 0.421. The number of ether oxygens (including phenoxy) is 2. The molecule has 2 aromatic heterocycles. The summed E-state index contributed by atoms with van der Waals surface area (Å²) in [5.41, 5.74) is 0. The molecule has 0 amide bonds. The Labute approximate surface area is 124 Å². The molecule has 0 bridgehead atoms. The van der Waals surface area contributed by atoms with Crippen molar-refractivity contribution < 1.29 is 9.47 Å². The minimum absolute atomic E-state index is 0.943. The van der Waals surface area contributed by atoms with Crippen LogP contribution in [-0.4, -0.2) is 14.2 Å². The predicted octanol–water partition coefficient (Wildman–Crippen LogP) is 5.29. The van der Waals surface area contributed by atoms with Gasteiger partial charge >= 0.3 is 0 Å². The van der Waals surface area contributed by atoms with Gasteiger partial charge in [-0.2, -0.15) is 0 Å². The normalized spacial score (nSPS) is 11.5. The van der Waals surface area contributed by atoms with Crippen LogP contribution < -0.4 is 9.47 Å². The second-order valence-corrected chi connectivity index (χ2v) is 6.42. The number of benzene rings is 2. The molecule has 4 heteroatoms. The molecule has 2 aromatic carbocycles. The van der Waals surface area contributed by atoms with Gasteiger partial charge in [0.2, 0.25) is 0 Å². The van der Waals surface area contributed by atoms with Crippen molar-refractivity contribution in [3.63, 3.8) is 0 Å². The molecular formula is C16H12O2S2. The van der Waals surface area contributed by atoms with Crippen LogP contribution in [0.4, 0.5) is 0 Å². The first-order valence-corrected chi connectivity index (χ1v) is 8.01. The molecule has 0 aliphatic carbocycles. The highest BCUT2D eigenvalue weighted by molar-refractivity contribution is 7.18. The van der Waals surface area contributed by atoms with Crippen LogP contribution >= 0.6 is 22.7 Å². The molecule has 4 rings (SSSR count). The van der Waals surface area contributed by atoms with E-state index in [1.807, 2.05) is 0 Å². The first-order valence-electron chi connectivity index (χ1n) is 6.25. The van der Waals surface area contributed by atoms with E-state index in [-0.39, 0.29) is 0 Å². The highest BCUT2D eigenvalue weighted by Gasteiger charge is 2.16. The maximum atomic E-state index is 5.68. The molecule has 2 nitrogen and oxygen atoms in total. The fraction of sp³-hybridized carbons (Fsp3) is 0.125. The zero-order valence-corrected chi connectivity index (χ0v) is 12.7. The monoisotopic (exact) mass is 300 g/mol. The Kier molecular flexibility index (Phi) is 2.62. The minimum atomic E-state index is 0.943. The first kappa shape index (κ1) is 12.0. The molecule has 0 fully saturated rings. The zero-order chi connectivity index (χ0) is 13.7. The Morgan fingerprint density at radius 3 is 1.60 bits per heavy atom. The molecule has 0 atom stereocenters. The van der Waals surface area contributed by atoms with Gasteiger partial charge < -0.3 is 9.47 Å². The van der Waals surface area contributed by atoms with E-state index in [9.17, 15) is 0 Å². The summed E-state index contributed by atoms with van der Waals surface area (Å²) in [6.07, 6.45) is 0. The molecule has 4 aromatic rings. The quantitative estimate of drug-likeness (QED) is 0.501. The molecule has 0 saturated carbocycles. The Hall–Kier alpha value is -1.78. The smallest absolute Gasteiger partial charge is 0.144 e. The largest absolute Gasteiger partial charge is 0.495 e. The summed E-state index contributed by atoms with van der Waals surface area (Å²) in [6, 6.07) is 8.64. The molecule has 0 saturated heterocycles. The number of hydrogen-bond donors (Lipinski definition) is 0. The van der Waals surface area contributed by atoms with Crippen molar-refractivity contribution in [2.24, 2.45) is 0 Å². The van der Waals surface area contributed by atoms with Gasteiger partial charge in [-0.1, -0.05) is 0 Å². The standard InChI is InChI=1S/C16H12O2S2/c1-17-13-11-7-10-4-6-20-16(10)14(18-2)12(11)8-9-3-5-19-15(9)13/h3-8H,1-2H3. The lowest BCUT2D eigenvalue weighted by atomic mass is 10.0. The van der Waals surface area contributed by atoms with Crippen LogP contribution in [0.5, 0.6) is 11.5 Å². The number of hydrogen-bond acceptors (Lipinski definition) is 4. The molecule has 0 unspecified atom stereocenters. The SMILES string of the molecule is COc1c2cc3ccsc3c(OC)c2cc2ccsc12. The lowest BCUT2D eigenvalue weighted by Gasteiger charge is -2.11. The van der Waals surface area contributed by atoms with Gasteiger partial charge in [0.1, 0.15) is 11.5 Å². The van der Waals surface area contributed by atoms with Crippen molar-refractivity contribution >= 4 is 53.6 Å². The van der Waals surface area contributed by atoms with Crippen molar-refractivity contribution in [1.82, 2.24) is 0 Å². The Balaban J connectivity index is 2.31. The number of fused-ring (bicyclic) bond motifs is 3. The Bertz CT molecular complexity index is 856. The van der Waals surface area contributed by atoms with Gasteiger partial charge in [0.15, 0.2) is 0 Å². The molecule has 0 spiro atoms. The predicted molar refractivity (Wildman–Crippen MR) is 87.8 cm³/mol. The maximum Gasteiger partial charge on any atom is 0.144 e. The van der Waals surface area contributed by atoms with E-state index >= 15 is 0 Å². The topological polar surface area (TPSA) is 18.5 Å². The fourth-order valence-corrected chi connectivity index (χ4v) is 4.56. The van der Waals surface area contributed by atoms with Crippen molar-refractivity contribution in [1.29, 1.82) is 0 Å². The van der Waals surface area contributed by atoms with E-state index in [4.69, 9.17) is 9.47 Å². The molecule has 0 radical (unpaired) electrons. The van der Waals surface area contributed by atoms with Crippen molar-refractivity contribution in [2.45, 2.75) is 0 Å². The fourth-order valence-electron chi connectivity index (χ4n) is 2.73. The van der Waals surface area contributed by atoms with Gasteiger partial charge in [-0.15, -0.1) is 22.7 Å². The van der Waals surface area contributed by atoms with E-state index in [1.165, 1.54) is 20.2 Å². The third-order valence-electron chi connectivity index (χ3n) is 3.59. The van der Waals surface area contributed by atoms with Crippen LogP contribution in [0.15, 0.2) is 35.0 Å². The third kappa shape index (κ3) is 1.49. The summed E-state index contributed by atoms with van der Waals surface area (Å²) in [5, 5.41) is 8.83. The summed E-state index contributed by atoms with van der Waals surface area (Å²) >= 11 is 3.42. The van der Waals surface area contributed by atoms with E-state index in [0.29, 0.717) is 0 Å². The third-order valence-corrected chi connectivity index (χ3v) is 5.45. The molecule has 0 aliphatic rings. The Morgan fingerprint density at radius 1 is 0.750 bits per heavy atom. The van der Waals surface area contributed by atoms with Crippen molar-refractivity contribution in [3.8, 4) is 11.5 Å². The van der Waals surface area contributed by atoms with Crippen LogP contribution in [0, 0.1) is 0 Å². The summed E-state index contributed by atoms with van der Waals surface area (Å²) in [7, 11) is 3.47. The minimum Gasteiger partial charge on any atom is -0.495 e. The van der Waals surface area contributed by atoms with Gasteiger partial charge in [-0.25, -0.2) is 0 Å². The number of thiophene rings is 2. The number of rotatable bonds is 2. The number of methoxy groups -OCH3 is 2. The van der Waals surface area contributed by atoms with Gasteiger partial charge in [0, 0.05) is 10.8 Å². The second-order valence-electron chi connectivity index (χ2n) is 4.59. The Morgan fingerprint density at radius 2 is 1.20 bits per heavy atom. The second kappa shape index (κ2) is 4.36. The van der Waals surface area contributed by atoms with E-state index < -0.39 is 0 Å². The van der Waals surface area contributed by atoms with Gasteiger partial charge in [-0.05, 0) is 45.8 Å². The molecule has 0 aliphatic heterocycles. The van der Waals surface area contributed by atoms with E-state index in [1.54, 1.807) is 36.9 Å². The maximum absolute atomic E-state index is 5.68. The highest BCUT2D eigenvalue weighted by atomic mass is 32.1. The van der Waals surface area contributed by atoms with Crippen molar-refractivity contribution in [3.05, 3.63) is 35.0 Å². The molecular weight excluding hydrogens is 288 g/mol. The van der Waals surface area contributed by atoms with Crippen LogP contribution in [0.25, 0.3) is 30.9 Å². The first-order chi connectivity index (χ1) is 9.83. The average molecular weight is 300 g/mol. The highest BCUT2D eigenvalue weighted by Crippen LogP contribution is 2.45. The molecule has 20 heavy (non-hydrogen) atoms. The summed E-state index contributed by atoms with van der Waals surface area (Å²) < 4.78 is 13.7. The zero-order valence-electron chi connectivity index (χ0n) is 11.1. The van der Waals surface area contributed by atoms with Gasteiger partial charge in [-0.3, -0.25) is 0 Å². The van der Waals surface area contributed by atoms with Crippen LogP contribution in [0.3, 0.4) is 0 Å². The summed E-state index contributed by atoms with van der Waals surface area (Å²) in [4.78, 5) is 0. The van der Waals surface area contributed by atoms with Crippen LogP contribution in [0.2, 0.25) is 0 Å². The molecule has 0 N–H and O–H groups in total. The van der Waals surface area contributed by atoms with E-state index in [0.717, 1.165) is 22.3 Å². The van der Waals surface area contributed by atoms with Gasteiger partial charge in [0.05, 0.1) is 23.6 Å². The van der Waals surface area contributed by atoms with Crippen LogP contribution in [-0.2, 0) is 0 Å². The summed E-state index contributed by atoms with van der Waals surface area (Å²) in [6.45, 7) is 0. The van der Waals surface area contributed by atoms with Crippen LogP contribution in [0.1, 0.15) is 0 Å². The van der Waals surface area contributed by atoms with E-state index in [2.05, 4.69) is 35.0 Å². The molecule has 2 heterocycles. The van der Waals surface area contributed by atoms with Crippen molar-refractivity contribution in [2.75, 3.05) is 14.2 Å².